The molecule has 0 saturated carbocycles. The van der Waals surface area contributed by atoms with Gasteiger partial charge in [0.2, 0.25) is 0 Å². The maximum atomic E-state index is 10.2. The summed E-state index contributed by atoms with van der Waals surface area (Å²) in [6, 6.07) is 2.07. The van der Waals surface area contributed by atoms with Gasteiger partial charge in [-0.15, -0.1) is 11.3 Å². The van der Waals surface area contributed by atoms with Gasteiger partial charge in [-0.2, -0.15) is 5.10 Å². The Morgan fingerprint density at radius 3 is 2.61 bits per heavy atom. The minimum Gasteiger partial charge on any atom is -0.388 e. The fourth-order valence-corrected chi connectivity index (χ4v) is 3.02. The first kappa shape index (κ1) is 13.3. The molecule has 2 aromatic rings. The van der Waals surface area contributed by atoms with Crippen molar-refractivity contribution < 1.29 is 5.11 Å². The van der Waals surface area contributed by atoms with Crippen molar-refractivity contribution in [2.75, 3.05) is 0 Å². The van der Waals surface area contributed by atoms with Gasteiger partial charge in [0.15, 0.2) is 0 Å². The predicted octanol–water partition coefficient (Wildman–Crippen LogP) is 3.07. The number of rotatable bonds is 4. The van der Waals surface area contributed by atoms with E-state index in [0.717, 1.165) is 24.1 Å². The van der Waals surface area contributed by atoms with Crippen molar-refractivity contribution in [2.24, 2.45) is 7.05 Å². The summed E-state index contributed by atoms with van der Waals surface area (Å²) >= 11 is 1.69. The van der Waals surface area contributed by atoms with Crippen LogP contribution >= 0.6 is 11.3 Å². The van der Waals surface area contributed by atoms with E-state index in [4.69, 9.17) is 0 Å². The summed E-state index contributed by atoms with van der Waals surface area (Å²) in [5.74, 6) is 0. The summed E-state index contributed by atoms with van der Waals surface area (Å²) < 4.78 is 1.91. The molecular formula is C14H20N2OS. The van der Waals surface area contributed by atoms with Crippen LogP contribution < -0.4 is 0 Å². The molecule has 0 aliphatic carbocycles. The van der Waals surface area contributed by atoms with Gasteiger partial charge in [0.25, 0.3) is 0 Å². The fraction of sp³-hybridized carbons (Fsp3) is 0.500. The van der Waals surface area contributed by atoms with Crippen LogP contribution in [0, 0.1) is 20.8 Å². The quantitative estimate of drug-likeness (QED) is 0.921. The van der Waals surface area contributed by atoms with Crippen LogP contribution in [0.2, 0.25) is 0 Å². The molecule has 1 unspecified atom stereocenters. The van der Waals surface area contributed by atoms with Crippen molar-refractivity contribution in [1.82, 2.24) is 9.78 Å². The standard InChI is InChI=1S/C14H20N2OS/c1-9-7-12(8-18-9)14(17)6-5-13-10(2)15-16(4)11(13)3/h7-8,14,17H,5-6H2,1-4H3. The van der Waals surface area contributed by atoms with Crippen LogP contribution in [0.15, 0.2) is 11.4 Å². The third kappa shape index (κ3) is 2.65. The molecule has 1 atom stereocenters. The van der Waals surface area contributed by atoms with Crippen molar-refractivity contribution in [3.05, 3.63) is 38.8 Å². The summed E-state index contributed by atoms with van der Waals surface area (Å²) in [7, 11) is 1.96. The summed E-state index contributed by atoms with van der Waals surface area (Å²) in [5.41, 5.74) is 4.57. The van der Waals surface area contributed by atoms with Crippen LogP contribution in [0.4, 0.5) is 0 Å². The maximum Gasteiger partial charge on any atom is 0.0801 e. The molecule has 0 radical (unpaired) electrons. The third-order valence-electron chi connectivity index (χ3n) is 3.46. The van der Waals surface area contributed by atoms with Gasteiger partial charge in [-0.05, 0) is 56.2 Å². The first-order chi connectivity index (χ1) is 8.49. The fourth-order valence-electron chi connectivity index (χ4n) is 2.27. The molecule has 0 fully saturated rings. The molecule has 4 heteroatoms. The van der Waals surface area contributed by atoms with Gasteiger partial charge in [0, 0.05) is 17.6 Å². The number of hydrogen-bond donors (Lipinski definition) is 1. The average Bonchev–Trinajstić information content (AvgIpc) is 2.83. The van der Waals surface area contributed by atoms with E-state index >= 15 is 0 Å². The monoisotopic (exact) mass is 264 g/mol. The van der Waals surface area contributed by atoms with Crippen LogP contribution in [0.3, 0.4) is 0 Å². The second-order valence-corrected chi connectivity index (χ2v) is 5.93. The Labute approximate surface area is 112 Å². The summed E-state index contributed by atoms with van der Waals surface area (Å²) in [4.78, 5) is 1.25. The van der Waals surface area contributed by atoms with Gasteiger partial charge in [0.1, 0.15) is 0 Å². The molecule has 0 amide bonds. The number of hydrogen-bond acceptors (Lipinski definition) is 3. The van der Waals surface area contributed by atoms with Crippen molar-refractivity contribution >= 4 is 11.3 Å². The van der Waals surface area contributed by atoms with Crippen LogP contribution in [0.1, 0.15) is 39.9 Å². The topological polar surface area (TPSA) is 38.1 Å². The van der Waals surface area contributed by atoms with Gasteiger partial charge < -0.3 is 5.11 Å². The molecule has 0 aliphatic heterocycles. The molecule has 2 aromatic heterocycles. The van der Waals surface area contributed by atoms with Crippen molar-refractivity contribution in [2.45, 2.75) is 39.7 Å². The maximum absolute atomic E-state index is 10.2. The van der Waals surface area contributed by atoms with Crippen molar-refractivity contribution in [3.63, 3.8) is 0 Å². The third-order valence-corrected chi connectivity index (χ3v) is 4.34. The number of nitrogens with zero attached hydrogens (tertiary/aromatic N) is 2. The second-order valence-electron chi connectivity index (χ2n) is 4.82. The van der Waals surface area contributed by atoms with Crippen molar-refractivity contribution in [3.8, 4) is 0 Å². The van der Waals surface area contributed by atoms with E-state index in [1.165, 1.54) is 16.1 Å². The van der Waals surface area contributed by atoms with Crippen LogP contribution in [0.25, 0.3) is 0 Å². The highest BCUT2D eigenvalue weighted by molar-refractivity contribution is 7.10. The molecule has 0 saturated heterocycles. The van der Waals surface area contributed by atoms with E-state index < -0.39 is 0 Å². The molecule has 2 heterocycles. The van der Waals surface area contributed by atoms with Crippen LogP contribution in [-0.4, -0.2) is 14.9 Å². The highest BCUT2D eigenvalue weighted by Crippen LogP contribution is 2.25. The number of thiophene rings is 1. The van der Waals surface area contributed by atoms with E-state index in [1.54, 1.807) is 11.3 Å². The molecule has 0 aromatic carbocycles. The molecule has 1 N–H and O–H groups in total. The summed E-state index contributed by atoms with van der Waals surface area (Å²) in [6.07, 6.45) is 1.26. The Kier molecular flexibility index (Phi) is 3.88. The minimum absolute atomic E-state index is 0.367. The highest BCUT2D eigenvalue weighted by atomic mass is 32.1. The Bertz CT molecular complexity index is 542. The zero-order chi connectivity index (χ0) is 13.3. The molecule has 18 heavy (non-hydrogen) atoms. The molecule has 98 valence electrons. The SMILES string of the molecule is Cc1cc(C(O)CCc2c(C)nn(C)c2C)cs1. The number of aliphatic hydroxyl groups is 1. The van der Waals surface area contributed by atoms with Gasteiger partial charge >= 0.3 is 0 Å². The van der Waals surface area contributed by atoms with E-state index in [9.17, 15) is 5.11 Å². The second kappa shape index (κ2) is 5.24. The smallest absolute Gasteiger partial charge is 0.0801 e. The largest absolute Gasteiger partial charge is 0.388 e. The first-order valence-electron chi connectivity index (χ1n) is 6.21. The highest BCUT2D eigenvalue weighted by Gasteiger charge is 2.13. The van der Waals surface area contributed by atoms with Gasteiger partial charge in [0.05, 0.1) is 11.8 Å². The molecule has 0 aliphatic rings. The molecule has 0 spiro atoms. The van der Waals surface area contributed by atoms with Crippen LogP contribution in [-0.2, 0) is 13.5 Å². The Morgan fingerprint density at radius 1 is 1.39 bits per heavy atom. The van der Waals surface area contributed by atoms with E-state index in [0.29, 0.717) is 0 Å². The van der Waals surface area contributed by atoms with Crippen molar-refractivity contribution in [1.29, 1.82) is 0 Å². The molecule has 0 bridgehead atoms. The average molecular weight is 264 g/mol. The Balaban J connectivity index is 2.03. The predicted molar refractivity (Wildman–Crippen MR) is 75.0 cm³/mol. The van der Waals surface area contributed by atoms with Gasteiger partial charge in [-0.1, -0.05) is 0 Å². The van der Waals surface area contributed by atoms with E-state index in [-0.39, 0.29) is 6.10 Å². The van der Waals surface area contributed by atoms with Gasteiger partial charge in [-0.3, -0.25) is 4.68 Å². The Hall–Kier alpha value is -1.13. The number of aromatic nitrogens is 2. The normalized spacial score (nSPS) is 12.9. The molecule has 2 rings (SSSR count). The van der Waals surface area contributed by atoms with Gasteiger partial charge in [-0.25, -0.2) is 0 Å². The lowest BCUT2D eigenvalue weighted by Crippen LogP contribution is -2.00. The minimum atomic E-state index is -0.367. The zero-order valence-corrected chi connectivity index (χ0v) is 12.2. The zero-order valence-electron chi connectivity index (χ0n) is 11.4. The number of aliphatic hydroxyl groups excluding tert-OH is 1. The summed E-state index contributed by atoms with van der Waals surface area (Å²) in [6.45, 7) is 6.18. The summed E-state index contributed by atoms with van der Waals surface area (Å²) in [5, 5.41) is 16.6. The lowest BCUT2D eigenvalue weighted by Gasteiger charge is -2.09. The molecule has 3 nitrogen and oxygen atoms in total. The lowest BCUT2D eigenvalue weighted by molar-refractivity contribution is 0.168. The van der Waals surface area contributed by atoms with E-state index in [2.05, 4.69) is 25.0 Å². The van der Waals surface area contributed by atoms with E-state index in [1.807, 2.05) is 24.0 Å². The molecular weight excluding hydrogens is 244 g/mol. The first-order valence-corrected chi connectivity index (χ1v) is 7.09. The Morgan fingerprint density at radius 2 is 2.11 bits per heavy atom. The van der Waals surface area contributed by atoms with Crippen LogP contribution in [0.5, 0.6) is 0 Å². The number of aryl methyl sites for hydroxylation is 3. The lowest BCUT2D eigenvalue weighted by atomic mass is 10.0.